The summed E-state index contributed by atoms with van der Waals surface area (Å²) >= 11 is 37.6. The van der Waals surface area contributed by atoms with Gasteiger partial charge in [0.1, 0.15) is 110 Å². The number of nitrogens with two attached hydrogens (primary N) is 4. The van der Waals surface area contributed by atoms with E-state index in [4.69, 9.17) is 190 Å². The fraction of sp³-hybridized carbons (Fsp3) is 0.583. The SMILES string of the molecule is CC[C@H]1O[C@@H](n2cc(C)c(=O)[nH]c2=O)C[C@H]1OP(O)(=S)OC[C@H]1O[C@@H](n2cnc3c(=O)[nH]c(N)nc32)C[C@H]1OP(=O)(S)OC[C@H]1O[C@@H](n2cnc3c(N)ncnc32)C[C@H]1OP(O)(=S)OC[C@H]1O[C@@H](n2cc(C)c(N)nc2=O)C[C@H]1OP(O)(=S)OC[C@H]1O[C@@H](n2cc(C)c(N)nc2=O)C[C@H]1OP(O)(=S)OC[C@H]1O[C@@H](n2cc(C)c(=O)[nH]c2=O)C[C@H]1OP(O)(=S)OC[C@H]1O[C@@H](n2cc(C)c(=O)[nH]c2=O)C[C@H]1OP(O)(=S)OC. The zero-order valence-electron chi connectivity index (χ0n) is 76.6. The third kappa shape index (κ3) is 26.3. The number of nitrogens with one attached hydrogen (secondary N) is 4. The van der Waals surface area contributed by atoms with Gasteiger partial charge in [0.05, 0.1) is 95.0 Å². The fourth-order valence-electron chi connectivity index (χ4n) is 16.8. The molecule has 0 amide bonds. The first-order valence-electron chi connectivity index (χ1n) is 43.6. The molecular weight excluding hydrogens is 2210 g/mol. The summed E-state index contributed by atoms with van der Waals surface area (Å²) in [6.07, 6.45) is -18.7. The van der Waals surface area contributed by atoms with Crippen LogP contribution in [0.2, 0.25) is 0 Å². The van der Waals surface area contributed by atoms with Crippen LogP contribution >= 0.6 is 59.4 Å². The number of aromatic amines is 4. The van der Waals surface area contributed by atoms with E-state index in [-0.39, 0.29) is 107 Å². The highest BCUT2D eigenvalue weighted by atomic mass is 32.7. The van der Waals surface area contributed by atoms with Crippen molar-refractivity contribution in [3.8, 4) is 0 Å². The zero-order chi connectivity index (χ0) is 105. The molecule has 7 fully saturated rings. The fourth-order valence-corrected chi connectivity index (χ4v) is 26.6. The van der Waals surface area contributed by atoms with Gasteiger partial charge in [-0.3, -0.25) is 80.1 Å². The van der Waals surface area contributed by atoms with Crippen LogP contribution in [0, 0.1) is 34.6 Å². The second-order valence-corrected chi connectivity index (χ2v) is 53.7. The predicted octanol–water partition coefficient (Wildman–Crippen LogP) is 1.20. The smallest absolute Gasteiger partial charge is 0.383 e. The van der Waals surface area contributed by atoms with Gasteiger partial charge in [-0.05, 0) is 112 Å². The van der Waals surface area contributed by atoms with Crippen LogP contribution in [-0.2, 0) is 172 Å². The summed E-state index contributed by atoms with van der Waals surface area (Å²) in [6, 6.07) is 0. The van der Waals surface area contributed by atoms with Crippen molar-refractivity contribution in [3.63, 3.8) is 0 Å². The molecule has 0 radical (unpaired) electrons. The normalized spacial score (nSPS) is 29.5. The molecule has 794 valence electrons. The van der Waals surface area contributed by atoms with Gasteiger partial charge < -0.3 is 140 Å². The van der Waals surface area contributed by atoms with Crippen LogP contribution in [0.5, 0.6) is 0 Å². The van der Waals surface area contributed by atoms with E-state index < -0.39 is 266 Å². The number of nitrogens with zero attached hydrogens (tertiary/aromatic N) is 14. The van der Waals surface area contributed by atoms with E-state index in [1.165, 1.54) is 85.0 Å². The Hall–Kier alpha value is -6.70. The van der Waals surface area contributed by atoms with Gasteiger partial charge in [0.2, 0.25) is 5.95 Å². The van der Waals surface area contributed by atoms with Crippen molar-refractivity contribution in [2.24, 2.45) is 0 Å². The van der Waals surface area contributed by atoms with Crippen molar-refractivity contribution >= 4 is 176 Å². The Morgan fingerprint density at radius 3 is 1.00 bits per heavy atom. The number of hydrogen-bond acceptors (Lipinski definition) is 48. The molecule has 0 saturated carbocycles. The maximum absolute atomic E-state index is 15.0. The van der Waals surface area contributed by atoms with E-state index in [0.29, 0.717) is 17.5 Å². The van der Waals surface area contributed by atoms with Gasteiger partial charge in [0.15, 0.2) is 22.6 Å². The number of nitrogen functional groups attached to an aromatic ring is 4. The molecule has 16 rings (SSSR count). The lowest BCUT2D eigenvalue weighted by Crippen LogP contribution is -2.33. The summed E-state index contributed by atoms with van der Waals surface area (Å²) in [5.41, 5.74) is 18.2. The number of aryl methyl sites for hydroxylation is 5. The Morgan fingerprint density at radius 1 is 0.366 bits per heavy atom. The first kappa shape index (κ1) is 111. The Morgan fingerprint density at radius 2 is 0.655 bits per heavy atom. The number of imidazole rings is 2. The molecule has 59 nitrogen and oxygen atoms in total. The summed E-state index contributed by atoms with van der Waals surface area (Å²) in [4.78, 5) is 226. The van der Waals surface area contributed by atoms with Crippen LogP contribution in [-0.4, -0.2) is 248 Å². The van der Waals surface area contributed by atoms with Crippen molar-refractivity contribution in [3.05, 3.63) is 172 Å². The van der Waals surface area contributed by atoms with Crippen LogP contribution in [0.15, 0.2) is 93.1 Å². The van der Waals surface area contributed by atoms with Gasteiger partial charge in [-0.2, -0.15) is 15.0 Å². The quantitative estimate of drug-likeness (QED) is 0.0189. The summed E-state index contributed by atoms with van der Waals surface area (Å²) < 4.78 is 151. The molecule has 18 N–H and O–H groups in total. The number of rotatable bonds is 41. The van der Waals surface area contributed by atoms with Gasteiger partial charge in [0.25, 0.3) is 22.2 Å². The van der Waals surface area contributed by atoms with Gasteiger partial charge in [0, 0.05) is 111 Å². The van der Waals surface area contributed by atoms with Crippen molar-refractivity contribution in [2.45, 2.75) is 222 Å². The lowest BCUT2D eigenvalue weighted by Gasteiger charge is -2.28. The maximum atomic E-state index is 15.0. The van der Waals surface area contributed by atoms with Gasteiger partial charge in [-0.1, -0.05) is 19.2 Å². The molecule has 0 aliphatic carbocycles. The number of ether oxygens (including phenoxy) is 7. The highest BCUT2D eigenvalue weighted by Gasteiger charge is 2.52. The highest BCUT2D eigenvalue weighted by Crippen LogP contribution is 2.61. The van der Waals surface area contributed by atoms with E-state index in [9.17, 15) is 77.1 Å². The Balaban J connectivity index is 0.609. The third-order valence-corrected chi connectivity index (χ3v) is 35.3. The first-order chi connectivity index (χ1) is 68.2. The van der Waals surface area contributed by atoms with Crippen LogP contribution in [0.3, 0.4) is 0 Å². The molecule has 28 atom stereocenters. The van der Waals surface area contributed by atoms with Crippen LogP contribution in [0.4, 0.5) is 23.4 Å². The van der Waals surface area contributed by atoms with E-state index >= 15 is 0 Å². The zero-order valence-corrected chi connectivity index (χ0v) is 88.6. The second-order valence-electron chi connectivity index (χ2n) is 34.0. The molecule has 7 saturated heterocycles. The van der Waals surface area contributed by atoms with E-state index in [0.717, 1.165) is 31.7 Å². The lowest BCUT2D eigenvalue weighted by molar-refractivity contribution is -0.0575. The molecular formula is C72H97N22O37P7S7. The average Bonchev–Trinajstić information content (AvgIpc) is 1.61. The number of fused-ring (bicyclic) bond motifs is 2. The molecule has 7 unspecified atom stereocenters. The highest BCUT2D eigenvalue weighted by molar-refractivity contribution is 8.44. The Labute approximate surface area is 850 Å². The summed E-state index contributed by atoms with van der Waals surface area (Å²) in [5.74, 6) is -0.568. The second kappa shape index (κ2) is 44.5. The first-order valence-corrected chi connectivity index (χ1v) is 61.8. The molecule has 7 aliphatic rings. The Bertz CT molecular complexity index is 7390. The molecule has 9 aromatic rings. The summed E-state index contributed by atoms with van der Waals surface area (Å²) in [6.45, 7) is -27.2. The number of thiol groups is 1. The molecule has 16 heterocycles. The molecule has 7 aliphatic heterocycles. The van der Waals surface area contributed by atoms with Crippen LogP contribution in [0.25, 0.3) is 22.3 Å². The molecule has 0 bridgehead atoms. The van der Waals surface area contributed by atoms with Crippen molar-refractivity contribution in [1.29, 1.82) is 0 Å². The Kier molecular flexibility index (Phi) is 34.1. The molecule has 0 aromatic carbocycles. The monoisotopic (exact) mass is 2300 g/mol. The number of aromatic nitrogens is 18. The van der Waals surface area contributed by atoms with E-state index in [1.807, 2.05) is 0 Å². The number of anilines is 4. The summed E-state index contributed by atoms with van der Waals surface area (Å²) in [7, 11) is 1.09. The van der Waals surface area contributed by atoms with E-state index in [2.05, 4.69) is 67.1 Å². The minimum atomic E-state index is -4.77. The van der Waals surface area contributed by atoms with E-state index in [1.54, 1.807) is 13.8 Å². The van der Waals surface area contributed by atoms with Crippen LogP contribution in [0.1, 0.15) is 130 Å². The molecule has 73 heteroatoms. The lowest BCUT2D eigenvalue weighted by atomic mass is 10.1. The molecule has 0 spiro atoms. The average molecular weight is 2300 g/mol. The maximum Gasteiger partial charge on any atom is 0.386 e. The van der Waals surface area contributed by atoms with Gasteiger partial charge in [-0.25, -0.2) is 48.5 Å². The largest absolute Gasteiger partial charge is 0.386 e. The van der Waals surface area contributed by atoms with Crippen molar-refractivity contribution in [2.75, 3.05) is 69.7 Å². The van der Waals surface area contributed by atoms with Crippen molar-refractivity contribution < 1.29 is 130 Å². The summed E-state index contributed by atoms with van der Waals surface area (Å²) in [5, 5.41) is 0. The third-order valence-electron chi connectivity index (χ3n) is 24.0. The van der Waals surface area contributed by atoms with Crippen LogP contribution < -0.4 is 73.6 Å². The number of hydrogen-bond donors (Lipinski definition) is 15. The van der Waals surface area contributed by atoms with Crippen molar-refractivity contribution in [1.82, 2.24) is 86.8 Å². The number of H-pyrrole nitrogens is 4. The minimum absolute atomic E-state index is 0.0148. The topological polar surface area (TPSA) is 778 Å². The standard InChI is InChI=1S/C72H97N22O37P7S7/c1-8-35-36(9-49(118-35)90-18-32(4)63(95)85-70(90)101)126-133(105,140)112-26-48-42(15-55(124-48)94-29-80-57-62(94)83-67(76)84-66(57)98)131-138(110,145)117-25-47-41(14-54(123-47)93-28-79-56-60(75)77-27-78-61(56)93)130-137(109,144)116-23-45-39(12-51(121-45)89-17-31(3)59(74)82-69(89)100)127-135(107,142)114-22-44-38(11-50(120-44)88-16-30(2)58(73)81-68(88)99)128-136(108,143)115-24-46-40(13-53(122-46)92-20-34(6)65(97)87-72(92)103)129-134(106,141)113-21-43-37(125-132(104,139)111-7)10-52(119-43)91-19-33(5)64(96)86-71(91)102/h16-20,27-29,35-55H,8-15,21-26H2,1-7H3,(H,104,139)(H,105,140)(H,106,141)(H,107,142)(H,108,143)(H,109,144)(H,110,145)(H2,73,81,99)(H2,74,82,100)(H2,75,77,78)(H,85,95,101)(H,86,96,102)(H,87,97,103)(H3,76,83,84,98)/t35-,36-,37-,38-,39-,40-,41-,42-,43-,44-,45-,46-,47-,48-,49-,50-,51-,52-,53-,54-,55-,132?,133?,134?,135?,136?,137?,138?/m1/s1. The van der Waals surface area contributed by atoms with Gasteiger partial charge >= 0.3 is 75.6 Å². The van der Waals surface area contributed by atoms with Gasteiger partial charge in [-0.15, -0.1) is 0 Å². The molecule has 145 heavy (non-hydrogen) atoms. The molecule has 9 aromatic heterocycles. The predicted molar refractivity (Wildman–Crippen MR) is 528 cm³/mol. The minimum Gasteiger partial charge on any atom is -0.383 e.